The first-order chi connectivity index (χ1) is 3.31. The maximum atomic E-state index is 2.88. The molecule has 0 aliphatic heterocycles. The van der Waals surface area contributed by atoms with Gasteiger partial charge in [-0.25, -0.2) is 0 Å². The molecule has 0 saturated carbocycles. The van der Waals surface area contributed by atoms with Gasteiger partial charge >= 0.3 is 0 Å². The molecule has 0 spiro atoms. The Morgan fingerprint density at radius 2 is 2.14 bits per heavy atom. The third kappa shape index (κ3) is 5.07. The second-order valence-corrected chi connectivity index (χ2v) is 8.63. The van der Waals surface area contributed by atoms with Crippen molar-refractivity contribution in [2.75, 3.05) is 11.9 Å². The van der Waals surface area contributed by atoms with Crippen LogP contribution < -0.4 is 0 Å². The van der Waals surface area contributed by atoms with E-state index in [1.165, 1.54) is 11.9 Å². The number of hydrogen-bond acceptors (Lipinski definition) is 1. The van der Waals surface area contributed by atoms with E-state index in [0.717, 1.165) is 0 Å². The van der Waals surface area contributed by atoms with Gasteiger partial charge in [-0.1, -0.05) is 13.8 Å². The second kappa shape index (κ2) is 5.35. The molecular weight excluding hydrogens is 142 g/mol. The Bertz CT molecular complexity index is 40.7. The number of hydrogen-bond donors (Lipinski definition) is 0. The summed E-state index contributed by atoms with van der Waals surface area (Å²) in [5.74, 6) is 1.27. The molecule has 0 saturated heterocycles. The Kier molecular flexibility index (Phi) is 6.27. The molecule has 0 rings (SSSR count). The molecule has 0 N–H and O–H groups in total. The lowest BCUT2D eigenvalue weighted by Gasteiger charge is -2.03. The molecule has 2 atom stereocenters. The van der Waals surface area contributed by atoms with Gasteiger partial charge in [0.15, 0.2) is 0 Å². The highest BCUT2D eigenvalue weighted by atomic mass is 32.9. The summed E-state index contributed by atoms with van der Waals surface area (Å²) in [6.45, 7) is 4.70. The Morgan fingerprint density at radius 1 is 1.57 bits per heavy atom. The molecule has 0 aromatic heterocycles. The Hall–Kier alpha value is 1.21. The summed E-state index contributed by atoms with van der Waals surface area (Å²) in [6, 6.07) is 0. The summed E-state index contributed by atoms with van der Waals surface area (Å²) in [6.07, 6.45) is 1.33. The first-order valence-electron chi connectivity index (χ1n) is 2.46. The van der Waals surface area contributed by atoms with E-state index in [0.29, 0.717) is 0 Å². The summed E-state index contributed by atoms with van der Waals surface area (Å²) >= 11 is 2.06. The van der Waals surface area contributed by atoms with E-state index in [1.54, 1.807) is 0 Å². The van der Waals surface area contributed by atoms with Crippen molar-refractivity contribution in [1.82, 2.24) is 0 Å². The number of rotatable bonds is 3. The second-order valence-electron chi connectivity index (χ2n) is 1.15. The van der Waals surface area contributed by atoms with Gasteiger partial charge in [0.1, 0.15) is 0 Å². The summed E-state index contributed by atoms with van der Waals surface area (Å²) in [5, 5.41) is 0. The molecule has 2 unspecified atom stereocenters. The largest absolute Gasteiger partial charge is 0.130 e. The maximum Gasteiger partial charge on any atom is -0.00510 e. The molecule has 44 valence electrons. The van der Waals surface area contributed by atoms with Crippen LogP contribution in [0.4, 0.5) is 0 Å². The molecule has 0 radical (unpaired) electrons. The van der Waals surface area contributed by atoms with Gasteiger partial charge in [0.05, 0.1) is 0 Å². The fourth-order valence-electron chi connectivity index (χ4n) is 0.257. The molecule has 0 aromatic carbocycles. The smallest absolute Gasteiger partial charge is 0.00510 e. The van der Waals surface area contributed by atoms with Gasteiger partial charge in [-0.3, -0.25) is 0 Å². The van der Waals surface area contributed by atoms with Crippen LogP contribution in [0.15, 0.2) is 0 Å². The zero-order valence-corrected chi connectivity index (χ0v) is 7.71. The molecule has 0 aliphatic rings. The summed E-state index contributed by atoms with van der Waals surface area (Å²) in [7, 11) is 2.88. The first kappa shape index (κ1) is 8.21. The molecule has 3 heteroatoms. The van der Waals surface area contributed by atoms with Crippen molar-refractivity contribution in [3.63, 3.8) is 0 Å². The zero-order chi connectivity index (χ0) is 5.70. The normalized spacial score (nSPS) is 14.1. The highest BCUT2D eigenvalue weighted by molar-refractivity contribution is 8.71. The lowest BCUT2D eigenvalue weighted by Crippen LogP contribution is -1.62. The minimum atomic E-state index is 0.255. The van der Waals surface area contributed by atoms with Crippen LogP contribution in [0.3, 0.4) is 0 Å². The molecule has 0 fully saturated rings. The van der Waals surface area contributed by atoms with E-state index in [1.807, 2.05) is 0 Å². The van der Waals surface area contributed by atoms with Gasteiger partial charge in [0.2, 0.25) is 0 Å². The Labute approximate surface area is 53.4 Å². The Morgan fingerprint density at radius 3 is 2.29 bits per heavy atom. The van der Waals surface area contributed by atoms with Crippen LogP contribution in [0, 0.1) is 0 Å². The summed E-state index contributed by atoms with van der Waals surface area (Å²) < 4.78 is 0. The van der Waals surface area contributed by atoms with Crippen molar-refractivity contribution in [3.8, 4) is 0 Å². The van der Waals surface area contributed by atoms with E-state index >= 15 is 0 Å². The van der Waals surface area contributed by atoms with Crippen LogP contribution in [0.1, 0.15) is 13.8 Å². The van der Waals surface area contributed by atoms with E-state index in [9.17, 15) is 0 Å². The summed E-state index contributed by atoms with van der Waals surface area (Å²) in [4.78, 5) is 0. The zero-order valence-electron chi connectivity index (χ0n) is 4.85. The predicted octanol–water partition coefficient (Wildman–Crippen LogP) is 2.95. The Balaban J connectivity index is 2.83. The minimum Gasteiger partial charge on any atom is -0.130 e. The molecule has 0 aromatic rings. The lowest BCUT2D eigenvalue weighted by atomic mass is 11.0. The van der Waals surface area contributed by atoms with E-state index < -0.39 is 0 Å². The molecule has 0 aliphatic carbocycles. The predicted molar refractivity (Wildman–Crippen MR) is 45.3 cm³/mol. The van der Waals surface area contributed by atoms with Crippen molar-refractivity contribution < 1.29 is 0 Å². The van der Waals surface area contributed by atoms with Gasteiger partial charge in [0, 0.05) is 0 Å². The van der Waals surface area contributed by atoms with E-state index in [2.05, 4.69) is 34.2 Å². The van der Waals surface area contributed by atoms with Crippen molar-refractivity contribution in [3.05, 3.63) is 0 Å². The van der Waals surface area contributed by atoms with Crippen LogP contribution in [0.2, 0.25) is 0 Å². The fraction of sp³-hybridized carbons (Fsp3) is 1.00. The van der Waals surface area contributed by atoms with Crippen molar-refractivity contribution >= 4 is 27.1 Å². The van der Waals surface area contributed by atoms with E-state index in [-0.39, 0.29) is 6.81 Å². The average molecular weight is 154 g/mol. The molecule has 7 heavy (non-hydrogen) atoms. The third-order valence-corrected chi connectivity index (χ3v) is 6.80. The van der Waals surface area contributed by atoms with Crippen molar-refractivity contribution in [2.45, 2.75) is 13.8 Å². The SMILES string of the molecule is CCSP(P)CC. The van der Waals surface area contributed by atoms with Crippen molar-refractivity contribution in [2.24, 2.45) is 0 Å². The van der Waals surface area contributed by atoms with Crippen LogP contribution >= 0.6 is 27.1 Å². The van der Waals surface area contributed by atoms with Gasteiger partial charge in [-0.05, 0) is 18.7 Å². The quantitative estimate of drug-likeness (QED) is 0.563. The minimum absolute atomic E-state index is 0.255. The van der Waals surface area contributed by atoms with Gasteiger partial charge in [-0.15, -0.1) is 20.3 Å². The highest BCUT2D eigenvalue weighted by Gasteiger charge is 1.92. The molecule has 0 nitrogen and oxygen atoms in total. The molecule has 0 bridgehead atoms. The fourth-order valence-corrected chi connectivity index (χ4v) is 3.66. The van der Waals surface area contributed by atoms with E-state index in [4.69, 9.17) is 0 Å². The van der Waals surface area contributed by atoms with Crippen LogP contribution in [-0.4, -0.2) is 11.9 Å². The maximum absolute atomic E-state index is 2.88. The van der Waals surface area contributed by atoms with Gasteiger partial charge in [-0.2, -0.15) is 0 Å². The molecular formula is C4H12P2S. The monoisotopic (exact) mass is 154 g/mol. The molecule has 0 heterocycles. The third-order valence-electron chi connectivity index (χ3n) is 0.607. The van der Waals surface area contributed by atoms with Crippen LogP contribution in [-0.2, 0) is 0 Å². The molecule has 0 amide bonds. The van der Waals surface area contributed by atoms with Crippen molar-refractivity contribution in [1.29, 1.82) is 0 Å². The highest BCUT2D eigenvalue weighted by Crippen LogP contribution is 2.56. The van der Waals surface area contributed by atoms with Gasteiger partial charge in [0.25, 0.3) is 0 Å². The summed E-state index contributed by atoms with van der Waals surface area (Å²) in [5.41, 5.74) is 0. The average Bonchev–Trinajstić information content (AvgIpc) is 1.68. The van der Waals surface area contributed by atoms with Crippen LogP contribution in [0.25, 0.3) is 0 Å². The standard InChI is InChI=1S/C4H12P2S/c1-3-6(5)7-4-2/h3-5H2,1-2H3. The topological polar surface area (TPSA) is 0 Å². The van der Waals surface area contributed by atoms with Crippen LogP contribution in [0.5, 0.6) is 0 Å². The lowest BCUT2D eigenvalue weighted by molar-refractivity contribution is 1.52. The van der Waals surface area contributed by atoms with Gasteiger partial charge < -0.3 is 0 Å². The first-order valence-corrected chi connectivity index (χ1v) is 7.20.